The molecule has 1 aromatic carbocycles. The average molecular weight is 368 g/mol. The van der Waals surface area contributed by atoms with Crippen molar-refractivity contribution in [3.63, 3.8) is 0 Å². The highest BCUT2D eigenvalue weighted by atomic mass is 16.5. The van der Waals surface area contributed by atoms with Crippen LogP contribution in [0, 0.1) is 38.0 Å². The zero-order valence-corrected chi connectivity index (χ0v) is 16.3. The summed E-state index contributed by atoms with van der Waals surface area (Å²) in [6.45, 7) is 8.92. The summed E-state index contributed by atoms with van der Waals surface area (Å²) in [6.07, 6.45) is 0. The number of aromatic nitrogens is 1. The van der Waals surface area contributed by atoms with Crippen LogP contribution >= 0.6 is 0 Å². The van der Waals surface area contributed by atoms with Gasteiger partial charge >= 0.3 is 0 Å². The van der Waals surface area contributed by atoms with Crippen LogP contribution in [0.1, 0.15) is 46.5 Å². The predicted molar refractivity (Wildman–Crippen MR) is 102 cm³/mol. The zero-order valence-electron chi connectivity index (χ0n) is 16.3. The van der Waals surface area contributed by atoms with Crippen LogP contribution in [-0.4, -0.2) is 22.1 Å². The van der Waals surface area contributed by atoms with E-state index in [1.807, 2.05) is 52.0 Å². The maximum Gasteiger partial charge on any atom is 0.271 e. The first kappa shape index (κ1) is 20.2. The minimum atomic E-state index is -0.589. The molecule has 6 heteroatoms. The van der Waals surface area contributed by atoms with Crippen molar-refractivity contribution in [1.29, 1.82) is 5.26 Å². The largest absolute Gasteiger partial charge is 0.494 e. The smallest absolute Gasteiger partial charge is 0.271 e. The second kappa shape index (κ2) is 8.09. The number of benzene rings is 1. The minimum absolute atomic E-state index is 0.0435. The maximum absolute atomic E-state index is 12.8. The van der Waals surface area contributed by atoms with Gasteiger partial charge in [-0.2, -0.15) is 5.26 Å². The van der Waals surface area contributed by atoms with Gasteiger partial charge in [0, 0.05) is 6.54 Å². The Bertz CT molecular complexity index is 961. The Morgan fingerprint density at radius 2 is 1.85 bits per heavy atom. The van der Waals surface area contributed by atoms with Gasteiger partial charge in [-0.05, 0) is 43.4 Å². The number of pyridine rings is 1. The Morgan fingerprint density at radius 3 is 2.37 bits per heavy atom. The van der Waals surface area contributed by atoms with E-state index in [-0.39, 0.29) is 35.8 Å². The fraction of sp³-hybridized carbons (Fsp3) is 0.381. The van der Waals surface area contributed by atoms with Crippen LogP contribution in [0.4, 0.5) is 0 Å². The van der Waals surface area contributed by atoms with Gasteiger partial charge in [0.05, 0.1) is 5.56 Å². The molecule has 1 aromatic heterocycles. The van der Waals surface area contributed by atoms with Crippen molar-refractivity contribution in [2.24, 2.45) is 5.92 Å². The summed E-state index contributed by atoms with van der Waals surface area (Å²) in [5.74, 6) is -0.238. The molecule has 0 aliphatic rings. The van der Waals surface area contributed by atoms with Crippen molar-refractivity contribution >= 4 is 5.78 Å². The second-order valence-corrected chi connectivity index (χ2v) is 7.05. The van der Waals surface area contributed by atoms with Gasteiger partial charge in [-0.15, -0.1) is 0 Å². The number of aryl methyl sites for hydroxylation is 2. The minimum Gasteiger partial charge on any atom is -0.494 e. The third-order valence-electron chi connectivity index (χ3n) is 4.38. The molecule has 0 bridgehead atoms. The molecule has 1 heterocycles. The Hall–Kier alpha value is -3.07. The van der Waals surface area contributed by atoms with Crippen LogP contribution in [0.25, 0.3) is 0 Å². The quantitative estimate of drug-likeness (QED) is 0.790. The molecule has 2 rings (SSSR count). The summed E-state index contributed by atoms with van der Waals surface area (Å²) in [4.78, 5) is 25.2. The molecule has 0 saturated carbocycles. The summed E-state index contributed by atoms with van der Waals surface area (Å²) < 4.78 is 6.77. The molecule has 27 heavy (non-hydrogen) atoms. The molecular formula is C21H24N2O4. The van der Waals surface area contributed by atoms with E-state index in [0.29, 0.717) is 5.75 Å². The average Bonchev–Trinajstić information content (AvgIpc) is 2.58. The highest BCUT2D eigenvalue weighted by molar-refractivity contribution is 6.01. The van der Waals surface area contributed by atoms with Crippen molar-refractivity contribution < 1.29 is 14.6 Å². The molecule has 0 spiro atoms. The number of hydrogen-bond donors (Lipinski definition) is 1. The molecule has 0 aliphatic carbocycles. The van der Waals surface area contributed by atoms with E-state index in [4.69, 9.17) is 4.74 Å². The Morgan fingerprint density at radius 1 is 1.26 bits per heavy atom. The monoisotopic (exact) mass is 368 g/mol. The van der Waals surface area contributed by atoms with Crippen LogP contribution in [0.5, 0.6) is 11.6 Å². The summed E-state index contributed by atoms with van der Waals surface area (Å²) in [6, 6.07) is 7.52. The van der Waals surface area contributed by atoms with Crippen LogP contribution in [0.3, 0.4) is 0 Å². The number of carbonyl (C=O) groups is 1. The number of ketones is 1. The third kappa shape index (κ3) is 4.03. The summed E-state index contributed by atoms with van der Waals surface area (Å²) in [7, 11) is 0. The first-order valence-electron chi connectivity index (χ1n) is 8.77. The number of para-hydroxylation sites is 1. The van der Waals surface area contributed by atoms with Gasteiger partial charge in [-0.3, -0.25) is 14.2 Å². The number of hydrogen-bond acceptors (Lipinski definition) is 5. The maximum atomic E-state index is 12.8. The molecule has 0 atom stereocenters. The molecule has 6 nitrogen and oxygen atoms in total. The third-order valence-corrected chi connectivity index (χ3v) is 4.38. The number of nitriles is 1. The number of Topliss-reactive ketones (excluding diaryl/α,β-unsaturated/α-hetero) is 1. The predicted octanol–water partition coefficient (Wildman–Crippen LogP) is 3.27. The van der Waals surface area contributed by atoms with E-state index in [2.05, 4.69) is 0 Å². The molecule has 0 unspecified atom stereocenters. The number of aromatic hydroxyl groups is 1. The Labute approximate surface area is 158 Å². The van der Waals surface area contributed by atoms with E-state index >= 15 is 0 Å². The summed E-state index contributed by atoms with van der Waals surface area (Å²) in [5, 5.41) is 19.9. The van der Waals surface area contributed by atoms with E-state index < -0.39 is 17.2 Å². The van der Waals surface area contributed by atoms with Crippen molar-refractivity contribution in [2.45, 2.75) is 41.2 Å². The number of ether oxygens (including phenoxy) is 1. The normalized spacial score (nSPS) is 10.7. The van der Waals surface area contributed by atoms with Gasteiger partial charge in [0.15, 0.2) is 6.61 Å². The van der Waals surface area contributed by atoms with Crippen LogP contribution < -0.4 is 10.3 Å². The lowest BCUT2D eigenvalue weighted by Crippen LogP contribution is -2.29. The van der Waals surface area contributed by atoms with Crippen molar-refractivity contribution in [3.8, 4) is 17.7 Å². The number of nitrogens with zero attached hydrogens (tertiary/aromatic N) is 2. The second-order valence-electron chi connectivity index (χ2n) is 7.05. The SMILES string of the molecule is Cc1cccc(C)c1OCC(=O)c1c(C)c(C#N)c(=O)n(CC(C)C)c1O. The molecule has 0 aliphatic heterocycles. The van der Waals surface area contributed by atoms with E-state index in [0.717, 1.165) is 15.7 Å². The topological polar surface area (TPSA) is 92.3 Å². The summed E-state index contributed by atoms with van der Waals surface area (Å²) >= 11 is 0. The van der Waals surface area contributed by atoms with Crippen molar-refractivity contribution in [3.05, 3.63) is 56.4 Å². The van der Waals surface area contributed by atoms with Gasteiger partial charge in [-0.1, -0.05) is 32.0 Å². The van der Waals surface area contributed by atoms with Crippen LogP contribution in [0.15, 0.2) is 23.0 Å². The zero-order chi connectivity index (χ0) is 20.3. The lowest BCUT2D eigenvalue weighted by molar-refractivity contribution is 0.0915. The van der Waals surface area contributed by atoms with Crippen LogP contribution in [-0.2, 0) is 6.54 Å². The molecule has 0 radical (unpaired) electrons. The lowest BCUT2D eigenvalue weighted by Gasteiger charge is -2.17. The van der Waals surface area contributed by atoms with Gasteiger partial charge in [0.2, 0.25) is 11.7 Å². The van der Waals surface area contributed by atoms with Gasteiger partial charge < -0.3 is 9.84 Å². The van der Waals surface area contributed by atoms with E-state index in [9.17, 15) is 20.0 Å². The molecule has 0 amide bonds. The molecule has 2 aromatic rings. The number of carbonyl (C=O) groups excluding carboxylic acids is 1. The fourth-order valence-corrected chi connectivity index (χ4v) is 3.06. The first-order valence-corrected chi connectivity index (χ1v) is 8.77. The Kier molecular flexibility index (Phi) is 6.06. The molecule has 142 valence electrons. The standard InChI is InChI=1S/C21H24N2O4/c1-12(2)10-23-20(25)16(9-22)15(5)18(21(23)26)17(24)11-27-19-13(3)7-6-8-14(19)4/h6-8,12,26H,10-11H2,1-5H3. The van der Waals surface area contributed by atoms with Crippen molar-refractivity contribution in [1.82, 2.24) is 4.57 Å². The lowest BCUT2D eigenvalue weighted by atomic mass is 10.0. The van der Waals surface area contributed by atoms with Gasteiger partial charge in [0.1, 0.15) is 17.4 Å². The van der Waals surface area contributed by atoms with Gasteiger partial charge in [0.25, 0.3) is 5.56 Å². The molecule has 0 saturated heterocycles. The van der Waals surface area contributed by atoms with Crippen molar-refractivity contribution in [2.75, 3.05) is 6.61 Å². The van der Waals surface area contributed by atoms with E-state index in [1.54, 1.807) is 0 Å². The highest BCUT2D eigenvalue weighted by Gasteiger charge is 2.24. The molecule has 0 fully saturated rings. The Balaban J connectivity index is 2.46. The number of rotatable bonds is 6. The molecule has 1 N–H and O–H groups in total. The highest BCUT2D eigenvalue weighted by Crippen LogP contribution is 2.25. The fourth-order valence-electron chi connectivity index (χ4n) is 3.06. The van der Waals surface area contributed by atoms with Gasteiger partial charge in [-0.25, -0.2) is 0 Å². The van der Waals surface area contributed by atoms with E-state index in [1.165, 1.54) is 6.92 Å². The first-order chi connectivity index (χ1) is 12.7. The van der Waals surface area contributed by atoms with Crippen LogP contribution in [0.2, 0.25) is 0 Å². The summed E-state index contributed by atoms with van der Waals surface area (Å²) in [5.41, 5.74) is 1.20. The molecular weight excluding hydrogens is 344 g/mol.